The van der Waals surface area contributed by atoms with Crippen molar-refractivity contribution in [3.05, 3.63) is 42.0 Å². The standard InChI is InChI=1S/C23H28N6O/c1-16-8-10-18(11-9-16)26-23(30)17-6-5-12-28(14-17)21-20-22(25-15-24-21)29-13-4-2-3-7-19(29)27-20/h8-11,15,17H,2-7,12-14H2,1H3,(H,26,30)/t17-/m0/s1. The molecule has 7 heteroatoms. The van der Waals surface area contributed by atoms with Gasteiger partial charge < -0.3 is 14.8 Å². The number of amides is 1. The second kappa shape index (κ2) is 8.05. The van der Waals surface area contributed by atoms with Crippen LogP contribution < -0.4 is 10.2 Å². The number of nitrogens with zero attached hydrogens (tertiary/aromatic N) is 5. The molecule has 2 aliphatic heterocycles. The fourth-order valence-electron chi connectivity index (χ4n) is 4.62. The number of hydrogen-bond acceptors (Lipinski definition) is 5. The summed E-state index contributed by atoms with van der Waals surface area (Å²) in [5.41, 5.74) is 3.85. The molecule has 30 heavy (non-hydrogen) atoms. The van der Waals surface area contributed by atoms with Crippen LogP contribution in [0.15, 0.2) is 30.6 Å². The lowest BCUT2D eigenvalue weighted by atomic mass is 9.97. The van der Waals surface area contributed by atoms with Crippen LogP contribution in [-0.4, -0.2) is 38.5 Å². The van der Waals surface area contributed by atoms with E-state index in [0.717, 1.165) is 60.8 Å². The number of rotatable bonds is 3. The zero-order valence-corrected chi connectivity index (χ0v) is 17.5. The lowest BCUT2D eigenvalue weighted by Crippen LogP contribution is -2.41. The monoisotopic (exact) mass is 404 g/mol. The number of imidazole rings is 1. The highest BCUT2D eigenvalue weighted by Gasteiger charge is 2.29. The van der Waals surface area contributed by atoms with Crippen LogP contribution in [-0.2, 0) is 17.8 Å². The Balaban J connectivity index is 1.37. The summed E-state index contributed by atoms with van der Waals surface area (Å²) in [6.45, 7) is 4.57. The summed E-state index contributed by atoms with van der Waals surface area (Å²) in [4.78, 5) is 29.2. The van der Waals surface area contributed by atoms with Gasteiger partial charge in [0.2, 0.25) is 5.91 Å². The summed E-state index contributed by atoms with van der Waals surface area (Å²) in [6.07, 6.45) is 8.09. The van der Waals surface area contributed by atoms with Gasteiger partial charge in [0.25, 0.3) is 0 Å². The maximum Gasteiger partial charge on any atom is 0.229 e. The van der Waals surface area contributed by atoms with Crippen molar-refractivity contribution in [2.45, 2.75) is 52.0 Å². The van der Waals surface area contributed by atoms with E-state index in [1.54, 1.807) is 6.33 Å². The molecule has 0 bridgehead atoms. The van der Waals surface area contributed by atoms with Crippen LogP contribution >= 0.6 is 0 Å². The summed E-state index contributed by atoms with van der Waals surface area (Å²) in [5, 5.41) is 3.08. The second-order valence-electron chi connectivity index (χ2n) is 8.50. The molecule has 0 spiro atoms. The molecule has 3 aromatic rings. The molecular formula is C23H28N6O. The molecule has 2 aromatic heterocycles. The molecule has 156 valence electrons. The van der Waals surface area contributed by atoms with E-state index in [2.05, 4.69) is 24.8 Å². The lowest BCUT2D eigenvalue weighted by Gasteiger charge is -2.32. The van der Waals surface area contributed by atoms with Gasteiger partial charge >= 0.3 is 0 Å². The third kappa shape index (κ3) is 3.64. The summed E-state index contributed by atoms with van der Waals surface area (Å²) in [5.74, 6) is 2.00. The number of fused-ring (bicyclic) bond motifs is 3. The third-order valence-corrected chi connectivity index (χ3v) is 6.28. The second-order valence-corrected chi connectivity index (χ2v) is 8.50. The minimum absolute atomic E-state index is 0.0643. The number of carbonyl (C=O) groups is 1. The van der Waals surface area contributed by atoms with Crippen molar-refractivity contribution in [1.82, 2.24) is 19.5 Å². The predicted molar refractivity (Wildman–Crippen MR) is 118 cm³/mol. The van der Waals surface area contributed by atoms with Crippen LogP contribution in [0.2, 0.25) is 0 Å². The van der Waals surface area contributed by atoms with Gasteiger partial charge in [0.05, 0.1) is 5.92 Å². The Hall–Kier alpha value is -2.96. The van der Waals surface area contributed by atoms with E-state index in [-0.39, 0.29) is 11.8 Å². The zero-order chi connectivity index (χ0) is 20.5. The van der Waals surface area contributed by atoms with E-state index in [4.69, 9.17) is 4.98 Å². The molecule has 4 heterocycles. The molecule has 7 nitrogen and oxygen atoms in total. The van der Waals surface area contributed by atoms with Crippen LogP contribution in [0.4, 0.5) is 11.5 Å². The molecule has 1 fully saturated rings. The lowest BCUT2D eigenvalue weighted by molar-refractivity contribution is -0.120. The van der Waals surface area contributed by atoms with Gasteiger partial charge in [-0.25, -0.2) is 15.0 Å². The first-order valence-electron chi connectivity index (χ1n) is 11.0. The van der Waals surface area contributed by atoms with E-state index < -0.39 is 0 Å². The molecular weight excluding hydrogens is 376 g/mol. The number of aromatic nitrogens is 4. The maximum absolute atomic E-state index is 12.9. The van der Waals surface area contributed by atoms with Gasteiger partial charge in [0.15, 0.2) is 17.0 Å². The van der Waals surface area contributed by atoms with E-state index in [1.165, 1.54) is 24.8 Å². The molecule has 0 aliphatic carbocycles. The number of piperidine rings is 1. The van der Waals surface area contributed by atoms with Crippen LogP contribution in [0.25, 0.3) is 11.2 Å². The van der Waals surface area contributed by atoms with Crippen molar-refractivity contribution >= 4 is 28.6 Å². The normalized spacial score (nSPS) is 19.4. The SMILES string of the molecule is Cc1ccc(NC(=O)[C@H]2CCCN(c3ncnc4c3nc3n4CCCCC3)C2)cc1. The fraction of sp³-hybridized carbons (Fsp3) is 0.478. The summed E-state index contributed by atoms with van der Waals surface area (Å²) in [6, 6.07) is 7.95. The van der Waals surface area contributed by atoms with Crippen molar-refractivity contribution in [2.24, 2.45) is 5.92 Å². The van der Waals surface area contributed by atoms with Gasteiger partial charge in [0, 0.05) is 31.7 Å². The molecule has 0 radical (unpaired) electrons. The number of aryl methyl sites for hydroxylation is 3. The summed E-state index contributed by atoms with van der Waals surface area (Å²) < 4.78 is 2.26. The third-order valence-electron chi connectivity index (χ3n) is 6.28. The van der Waals surface area contributed by atoms with Gasteiger partial charge in [0.1, 0.15) is 12.2 Å². The Kier molecular flexibility index (Phi) is 5.11. The molecule has 1 aromatic carbocycles. The highest BCUT2D eigenvalue weighted by molar-refractivity contribution is 5.93. The van der Waals surface area contributed by atoms with Crippen LogP contribution in [0.3, 0.4) is 0 Å². The zero-order valence-electron chi connectivity index (χ0n) is 17.5. The van der Waals surface area contributed by atoms with Crippen molar-refractivity contribution in [3.63, 3.8) is 0 Å². The molecule has 1 amide bonds. The van der Waals surface area contributed by atoms with Crippen LogP contribution in [0.5, 0.6) is 0 Å². The first-order valence-corrected chi connectivity index (χ1v) is 11.0. The quantitative estimate of drug-likeness (QED) is 0.720. The first-order chi connectivity index (χ1) is 14.7. The predicted octanol–water partition coefficient (Wildman–Crippen LogP) is 3.72. The largest absolute Gasteiger partial charge is 0.354 e. The Bertz CT molecular complexity index is 1060. The van der Waals surface area contributed by atoms with Gasteiger partial charge in [-0.1, -0.05) is 24.1 Å². The molecule has 2 aliphatic rings. The summed E-state index contributed by atoms with van der Waals surface area (Å²) in [7, 11) is 0. The molecule has 1 atom stereocenters. The number of anilines is 2. The van der Waals surface area contributed by atoms with E-state index in [0.29, 0.717) is 6.54 Å². The van der Waals surface area contributed by atoms with Gasteiger partial charge in [-0.05, 0) is 44.7 Å². The minimum atomic E-state index is -0.0643. The minimum Gasteiger partial charge on any atom is -0.354 e. The van der Waals surface area contributed by atoms with Crippen molar-refractivity contribution in [3.8, 4) is 0 Å². The highest BCUT2D eigenvalue weighted by atomic mass is 16.1. The number of nitrogens with one attached hydrogen (secondary N) is 1. The van der Waals surface area contributed by atoms with E-state index in [1.807, 2.05) is 31.2 Å². The first kappa shape index (κ1) is 19.0. The highest BCUT2D eigenvalue weighted by Crippen LogP contribution is 2.29. The average molecular weight is 405 g/mol. The maximum atomic E-state index is 12.9. The van der Waals surface area contributed by atoms with Crippen LogP contribution in [0, 0.1) is 12.8 Å². The van der Waals surface area contributed by atoms with E-state index >= 15 is 0 Å². The van der Waals surface area contributed by atoms with Gasteiger partial charge in [-0.3, -0.25) is 4.79 Å². The summed E-state index contributed by atoms with van der Waals surface area (Å²) >= 11 is 0. The molecule has 5 rings (SSSR count). The Morgan fingerprint density at radius 2 is 1.93 bits per heavy atom. The van der Waals surface area contributed by atoms with Crippen LogP contribution in [0.1, 0.15) is 43.5 Å². The van der Waals surface area contributed by atoms with Gasteiger partial charge in [-0.15, -0.1) is 0 Å². The Morgan fingerprint density at radius 3 is 2.80 bits per heavy atom. The number of hydrogen-bond donors (Lipinski definition) is 1. The molecule has 0 unspecified atom stereocenters. The Morgan fingerprint density at radius 1 is 1.07 bits per heavy atom. The topological polar surface area (TPSA) is 75.9 Å². The molecule has 1 N–H and O–H groups in total. The van der Waals surface area contributed by atoms with E-state index in [9.17, 15) is 4.79 Å². The number of benzene rings is 1. The Labute approximate surface area is 176 Å². The fourth-order valence-corrected chi connectivity index (χ4v) is 4.62. The van der Waals surface area contributed by atoms with Crippen molar-refractivity contribution in [2.75, 3.05) is 23.3 Å². The smallest absolute Gasteiger partial charge is 0.229 e. The van der Waals surface area contributed by atoms with Crippen molar-refractivity contribution < 1.29 is 4.79 Å². The molecule has 0 saturated carbocycles. The van der Waals surface area contributed by atoms with Crippen molar-refractivity contribution in [1.29, 1.82) is 0 Å². The molecule has 1 saturated heterocycles. The number of carbonyl (C=O) groups excluding carboxylic acids is 1. The van der Waals surface area contributed by atoms with Gasteiger partial charge in [-0.2, -0.15) is 0 Å². The average Bonchev–Trinajstić information content (AvgIpc) is 2.96.